The summed E-state index contributed by atoms with van der Waals surface area (Å²) in [5.74, 6) is -0.817. The highest BCUT2D eigenvalue weighted by molar-refractivity contribution is 5.81. The number of amides is 1. The Hall–Kier alpha value is -1.78. The molecule has 1 aromatic rings. The normalized spacial score (nSPS) is 10.1. The second-order valence-electron chi connectivity index (χ2n) is 3.48. The second-order valence-corrected chi connectivity index (χ2v) is 3.48. The predicted molar refractivity (Wildman–Crippen MR) is 58.0 cm³/mol. The van der Waals surface area contributed by atoms with Crippen LogP contribution >= 0.6 is 0 Å². The van der Waals surface area contributed by atoms with E-state index < -0.39 is 5.91 Å². The third-order valence-corrected chi connectivity index (χ3v) is 2.11. The molecule has 1 amide bonds. The van der Waals surface area contributed by atoms with Crippen molar-refractivity contribution in [2.75, 3.05) is 24.2 Å². The minimum absolute atomic E-state index is 0.0509. The minimum Gasteiger partial charge on any atom is -0.397 e. The molecule has 0 spiro atoms. The molecule has 0 aliphatic heterocycles. The molecule has 5 heteroatoms. The summed E-state index contributed by atoms with van der Waals surface area (Å²) in [5, 5.41) is 0. The van der Waals surface area contributed by atoms with E-state index in [1.807, 2.05) is 0 Å². The summed E-state index contributed by atoms with van der Waals surface area (Å²) < 4.78 is 13.1. The van der Waals surface area contributed by atoms with Gasteiger partial charge in [-0.25, -0.2) is 4.39 Å². The largest absolute Gasteiger partial charge is 0.397 e. The van der Waals surface area contributed by atoms with Crippen molar-refractivity contribution in [1.29, 1.82) is 0 Å². The zero-order valence-corrected chi connectivity index (χ0v) is 8.75. The number of rotatable bonds is 3. The molecule has 0 unspecified atom stereocenters. The van der Waals surface area contributed by atoms with Crippen molar-refractivity contribution in [3.8, 4) is 0 Å². The van der Waals surface area contributed by atoms with Crippen LogP contribution in [0.1, 0.15) is 5.56 Å². The predicted octanol–water partition coefficient (Wildman–Crippen LogP) is 0.638. The highest BCUT2D eigenvalue weighted by Crippen LogP contribution is 2.25. The number of likely N-dealkylation sites (N-methyl/N-ethyl adjacent to an activating group) is 1. The Morgan fingerprint density at radius 3 is 2.67 bits per heavy atom. The molecule has 0 bridgehead atoms. The minimum atomic E-state index is -0.459. The van der Waals surface area contributed by atoms with E-state index in [0.717, 1.165) is 0 Å². The van der Waals surface area contributed by atoms with Crippen molar-refractivity contribution >= 4 is 17.3 Å². The van der Waals surface area contributed by atoms with Gasteiger partial charge in [0.1, 0.15) is 5.82 Å². The van der Waals surface area contributed by atoms with E-state index in [1.54, 1.807) is 24.9 Å². The van der Waals surface area contributed by atoms with Crippen molar-refractivity contribution in [2.45, 2.75) is 6.92 Å². The number of hydrogen-bond acceptors (Lipinski definition) is 3. The first-order valence-electron chi connectivity index (χ1n) is 4.47. The number of anilines is 2. The average Bonchev–Trinajstić information content (AvgIpc) is 2.09. The molecule has 0 radical (unpaired) electrons. The standard InChI is InChI=1S/C10H14FN3O/c1-6-3-9(8(12)4-7(6)11)14(2)5-10(13)15/h3-4H,5,12H2,1-2H3,(H2,13,15). The molecule has 4 nitrogen and oxygen atoms in total. The maximum absolute atomic E-state index is 13.1. The van der Waals surface area contributed by atoms with E-state index in [9.17, 15) is 9.18 Å². The number of nitrogens with two attached hydrogens (primary N) is 2. The lowest BCUT2D eigenvalue weighted by Gasteiger charge is -2.20. The van der Waals surface area contributed by atoms with Crippen molar-refractivity contribution in [2.24, 2.45) is 5.73 Å². The van der Waals surface area contributed by atoms with Crippen LogP contribution in [-0.2, 0) is 4.79 Å². The Morgan fingerprint density at radius 1 is 1.53 bits per heavy atom. The van der Waals surface area contributed by atoms with Crippen LogP contribution in [-0.4, -0.2) is 19.5 Å². The number of halogens is 1. The number of carbonyl (C=O) groups is 1. The maximum Gasteiger partial charge on any atom is 0.236 e. The van der Waals surface area contributed by atoms with Gasteiger partial charge in [0.05, 0.1) is 17.9 Å². The van der Waals surface area contributed by atoms with Gasteiger partial charge in [-0.15, -0.1) is 0 Å². The molecule has 4 N–H and O–H groups in total. The first kappa shape index (κ1) is 11.3. The van der Waals surface area contributed by atoms with Crippen molar-refractivity contribution in [3.63, 3.8) is 0 Å². The maximum atomic E-state index is 13.1. The molecule has 15 heavy (non-hydrogen) atoms. The summed E-state index contributed by atoms with van der Waals surface area (Å²) in [6.07, 6.45) is 0. The number of benzene rings is 1. The number of hydrogen-bond donors (Lipinski definition) is 2. The molecular weight excluding hydrogens is 197 g/mol. The molecule has 0 saturated heterocycles. The summed E-state index contributed by atoms with van der Waals surface area (Å²) in [5.41, 5.74) is 12.1. The average molecular weight is 211 g/mol. The third-order valence-electron chi connectivity index (χ3n) is 2.11. The lowest BCUT2D eigenvalue weighted by molar-refractivity contribution is -0.116. The van der Waals surface area contributed by atoms with Crippen molar-refractivity contribution in [1.82, 2.24) is 0 Å². The fourth-order valence-electron chi connectivity index (χ4n) is 1.33. The molecule has 0 aromatic heterocycles. The van der Waals surface area contributed by atoms with Gasteiger partial charge >= 0.3 is 0 Å². The van der Waals surface area contributed by atoms with E-state index in [-0.39, 0.29) is 12.4 Å². The fourth-order valence-corrected chi connectivity index (χ4v) is 1.33. The fraction of sp³-hybridized carbons (Fsp3) is 0.300. The van der Waals surface area contributed by atoms with Gasteiger partial charge in [0.2, 0.25) is 5.91 Å². The van der Waals surface area contributed by atoms with Crippen LogP contribution in [0.25, 0.3) is 0 Å². The number of nitrogen functional groups attached to an aromatic ring is 1. The molecule has 1 aromatic carbocycles. The van der Waals surface area contributed by atoms with Crippen LogP contribution in [0.2, 0.25) is 0 Å². The summed E-state index contributed by atoms with van der Waals surface area (Å²) in [7, 11) is 1.67. The first-order valence-corrected chi connectivity index (χ1v) is 4.47. The molecule has 0 fully saturated rings. The van der Waals surface area contributed by atoms with Gasteiger partial charge in [-0.2, -0.15) is 0 Å². The highest BCUT2D eigenvalue weighted by atomic mass is 19.1. The summed E-state index contributed by atoms with van der Waals surface area (Å²) >= 11 is 0. The quantitative estimate of drug-likeness (QED) is 0.720. The number of primary amides is 1. The molecule has 0 aliphatic carbocycles. The van der Waals surface area contributed by atoms with Crippen LogP contribution in [0, 0.1) is 12.7 Å². The van der Waals surface area contributed by atoms with Crippen molar-refractivity contribution < 1.29 is 9.18 Å². The lowest BCUT2D eigenvalue weighted by Crippen LogP contribution is -2.31. The Bertz CT molecular complexity index is 392. The first-order chi connectivity index (χ1) is 6.91. The van der Waals surface area contributed by atoms with Gasteiger partial charge in [-0.1, -0.05) is 0 Å². The Kier molecular flexibility index (Phi) is 3.14. The Balaban J connectivity index is 3.03. The van der Waals surface area contributed by atoms with Gasteiger partial charge in [-0.05, 0) is 24.6 Å². The van der Waals surface area contributed by atoms with Gasteiger partial charge in [-0.3, -0.25) is 4.79 Å². The highest BCUT2D eigenvalue weighted by Gasteiger charge is 2.10. The summed E-state index contributed by atoms with van der Waals surface area (Å²) in [4.78, 5) is 12.3. The Morgan fingerprint density at radius 2 is 2.13 bits per heavy atom. The van der Waals surface area contributed by atoms with E-state index >= 15 is 0 Å². The van der Waals surface area contributed by atoms with Crippen LogP contribution in [0.15, 0.2) is 12.1 Å². The molecule has 0 aliphatic rings. The summed E-state index contributed by atoms with van der Waals surface area (Å²) in [6, 6.07) is 2.83. The van der Waals surface area contributed by atoms with Gasteiger partial charge in [0, 0.05) is 7.05 Å². The lowest BCUT2D eigenvalue weighted by atomic mass is 10.1. The Labute approximate surface area is 87.7 Å². The summed E-state index contributed by atoms with van der Waals surface area (Å²) in [6.45, 7) is 1.69. The number of carbonyl (C=O) groups excluding carboxylic acids is 1. The van der Waals surface area contributed by atoms with Gasteiger partial charge in [0.15, 0.2) is 0 Å². The number of nitrogens with zero attached hydrogens (tertiary/aromatic N) is 1. The molecule has 0 saturated carbocycles. The third kappa shape index (κ3) is 2.59. The monoisotopic (exact) mass is 211 g/mol. The van der Waals surface area contributed by atoms with Gasteiger partial charge < -0.3 is 16.4 Å². The number of aryl methyl sites for hydroxylation is 1. The van der Waals surface area contributed by atoms with Crippen LogP contribution < -0.4 is 16.4 Å². The smallest absolute Gasteiger partial charge is 0.236 e. The molecule has 0 atom stereocenters. The second kappa shape index (κ2) is 4.16. The topological polar surface area (TPSA) is 72.3 Å². The van der Waals surface area contributed by atoms with E-state index in [0.29, 0.717) is 16.9 Å². The molecule has 82 valence electrons. The van der Waals surface area contributed by atoms with E-state index in [4.69, 9.17) is 11.5 Å². The van der Waals surface area contributed by atoms with Crippen LogP contribution in [0.3, 0.4) is 0 Å². The van der Waals surface area contributed by atoms with Gasteiger partial charge in [0.25, 0.3) is 0 Å². The zero-order valence-electron chi connectivity index (χ0n) is 8.75. The van der Waals surface area contributed by atoms with E-state index in [1.165, 1.54) is 6.07 Å². The van der Waals surface area contributed by atoms with Crippen LogP contribution in [0.5, 0.6) is 0 Å². The van der Waals surface area contributed by atoms with Crippen molar-refractivity contribution in [3.05, 3.63) is 23.5 Å². The van der Waals surface area contributed by atoms with E-state index in [2.05, 4.69) is 0 Å². The molecule has 1 rings (SSSR count). The van der Waals surface area contributed by atoms with Crippen LogP contribution in [0.4, 0.5) is 15.8 Å². The zero-order chi connectivity index (χ0) is 11.6. The molecule has 0 heterocycles. The molecular formula is C10H14FN3O. The SMILES string of the molecule is Cc1cc(N(C)CC(N)=O)c(N)cc1F.